The van der Waals surface area contributed by atoms with Crippen molar-refractivity contribution in [3.63, 3.8) is 0 Å². The number of carbonyl (C=O) groups excluding carboxylic acids is 2. The van der Waals surface area contributed by atoms with Crippen LogP contribution < -0.4 is 4.74 Å². The summed E-state index contributed by atoms with van der Waals surface area (Å²) >= 11 is 0. The summed E-state index contributed by atoms with van der Waals surface area (Å²) in [6, 6.07) is 21.6. The third kappa shape index (κ3) is 5.87. The van der Waals surface area contributed by atoms with E-state index in [4.69, 9.17) is 4.74 Å². The molecule has 0 amide bonds. The number of aryl methyl sites for hydroxylation is 2. The van der Waals surface area contributed by atoms with E-state index in [1.807, 2.05) is 69.3 Å². The Morgan fingerprint density at radius 1 is 0.784 bits per heavy atom. The molecule has 0 aromatic heterocycles. The topological polar surface area (TPSA) is 43.4 Å². The molecule has 198 valence electrons. The Balaban J connectivity index is 0.00000165. The number of methoxy groups -OCH3 is 1. The van der Waals surface area contributed by atoms with E-state index in [2.05, 4.69) is 45.9 Å². The number of ketones is 2. The van der Waals surface area contributed by atoms with E-state index in [9.17, 15) is 9.59 Å². The summed E-state index contributed by atoms with van der Waals surface area (Å²) in [5, 5.41) is 0. The van der Waals surface area contributed by atoms with Gasteiger partial charge in [0.15, 0.2) is 11.6 Å². The molecule has 0 spiro atoms. The predicted octanol–water partition coefficient (Wildman–Crippen LogP) is 8.65. The van der Waals surface area contributed by atoms with E-state index in [0.717, 1.165) is 23.1 Å². The smallest absolute Gasteiger partial charge is 0.166 e. The van der Waals surface area contributed by atoms with Gasteiger partial charge in [-0.05, 0) is 73.9 Å². The van der Waals surface area contributed by atoms with E-state index < -0.39 is 0 Å². The molecule has 37 heavy (non-hydrogen) atoms. The summed E-state index contributed by atoms with van der Waals surface area (Å²) in [7, 11) is 1.62. The Hall–Kier alpha value is -3.20. The molecule has 1 aliphatic rings. The van der Waals surface area contributed by atoms with Crippen LogP contribution in [-0.4, -0.2) is 18.7 Å². The normalized spacial score (nSPS) is 23.0. The number of hydrogen-bond donors (Lipinski definition) is 0. The molecule has 0 aliphatic heterocycles. The molecule has 0 saturated heterocycles. The Kier molecular flexibility index (Phi) is 9.48. The van der Waals surface area contributed by atoms with E-state index in [-0.39, 0.29) is 42.6 Å². The van der Waals surface area contributed by atoms with Crippen LogP contribution in [0.25, 0.3) is 0 Å². The minimum Gasteiger partial charge on any atom is -0.497 e. The van der Waals surface area contributed by atoms with Crippen molar-refractivity contribution in [1.29, 1.82) is 0 Å². The second-order valence-corrected chi connectivity index (χ2v) is 10.4. The lowest BCUT2D eigenvalue weighted by Gasteiger charge is -2.45. The second-order valence-electron chi connectivity index (χ2n) is 10.4. The summed E-state index contributed by atoms with van der Waals surface area (Å²) in [6.45, 7) is 14.6. The molecule has 0 radical (unpaired) electrons. The summed E-state index contributed by atoms with van der Waals surface area (Å²) < 4.78 is 5.40. The van der Waals surface area contributed by atoms with Crippen LogP contribution in [0.15, 0.2) is 66.7 Å². The van der Waals surface area contributed by atoms with E-state index in [1.54, 1.807) is 7.11 Å². The largest absolute Gasteiger partial charge is 0.497 e. The van der Waals surface area contributed by atoms with Crippen molar-refractivity contribution in [1.82, 2.24) is 0 Å². The number of benzene rings is 3. The molecule has 3 aromatic carbocycles. The minimum atomic E-state index is -0.294. The molecule has 3 aromatic rings. The van der Waals surface area contributed by atoms with E-state index >= 15 is 0 Å². The first kappa shape index (κ1) is 28.4. The summed E-state index contributed by atoms with van der Waals surface area (Å²) in [4.78, 5) is 28.3. The van der Waals surface area contributed by atoms with Gasteiger partial charge < -0.3 is 4.74 Å². The lowest BCUT2D eigenvalue weighted by molar-refractivity contribution is 0.0544. The van der Waals surface area contributed by atoms with Crippen LogP contribution >= 0.6 is 0 Å². The zero-order valence-electron chi connectivity index (χ0n) is 23.7. The van der Waals surface area contributed by atoms with Gasteiger partial charge >= 0.3 is 0 Å². The van der Waals surface area contributed by atoms with Crippen molar-refractivity contribution >= 4 is 11.6 Å². The fraction of sp³-hybridized carbons (Fsp3) is 0.412. The van der Waals surface area contributed by atoms with Gasteiger partial charge in [-0.1, -0.05) is 81.8 Å². The van der Waals surface area contributed by atoms with Crippen molar-refractivity contribution in [2.45, 2.75) is 60.8 Å². The summed E-state index contributed by atoms with van der Waals surface area (Å²) in [5.41, 5.74) is 5.93. The standard InChI is InChI=1S/C32H36O3.C2H6.H2/c1-19-10-7-12-24(16-19)31(33)28-21(3)17-22(4)29(30(28)27-15-8-11-20(2)23(27)5)32(34)25-13-9-14-26(18-25)35-6;1-2;/h7-16,18,21-22,28-30H,17H2,1-6H3;1-2H3;1H/t21-,22+,28+,29-,30-;;/m0../s1. The Labute approximate surface area is 224 Å². The minimum absolute atomic E-state index is 0. The van der Waals surface area contributed by atoms with Crippen LogP contribution in [0.3, 0.4) is 0 Å². The molecule has 4 rings (SSSR count). The van der Waals surface area contributed by atoms with Gasteiger partial charge in [0, 0.05) is 30.3 Å². The molecule has 5 atom stereocenters. The van der Waals surface area contributed by atoms with Gasteiger partial charge in [0.25, 0.3) is 0 Å². The summed E-state index contributed by atoms with van der Waals surface area (Å²) in [5.74, 6) is 0.459. The zero-order valence-corrected chi connectivity index (χ0v) is 23.7. The van der Waals surface area contributed by atoms with Crippen LogP contribution in [0.4, 0.5) is 0 Å². The van der Waals surface area contributed by atoms with Gasteiger partial charge in [0.05, 0.1) is 7.11 Å². The fourth-order valence-corrected chi connectivity index (χ4v) is 6.14. The maximum absolute atomic E-state index is 14.2. The summed E-state index contributed by atoms with van der Waals surface area (Å²) in [6.07, 6.45) is 0.837. The zero-order chi connectivity index (χ0) is 27.3. The molecule has 1 aliphatic carbocycles. The molecule has 0 bridgehead atoms. The Morgan fingerprint density at radius 2 is 1.32 bits per heavy atom. The van der Waals surface area contributed by atoms with Crippen molar-refractivity contribution in [2.75, 3.05) is 7.11 Å². The number of carbonyl (C=O) groups is 2. The number of ether oxygens (including phenoxy) is 1. The number of rotatable bonds is 6. The van der Waals surface area contributed by atoms with Gasteiger partial charge in [0.1, 0.15) is 5.75 Å². The van der Waals surface area contributed by atoms with Crippen molar-refractivity contribution < 1.29 is 15.8 Å². The molecular weight excluding hydrogens is 456 g/mol. The Bertz CT molecular complexity index is 1250. The molecule has 1 saturated carbocycles. The van der Waals surface area contributed by atoms with Crippen molar-refractivity contribution in [2.24, 2.45) is 23.7 Å². The second kappa shape index (κ2) is 12.4. The molecule has 0 unspecified atom stereocenters. The van der Waals surface area contributed by atoms with Crippen LogP contribution in [0.1, 0.15) is 84.4 Å². The third-order valence-corrected chi connectivity index (χ3v) is 8.01. The van der Waals surface area contributed by atoms with Crippen LogP contribution in [-0.2, 0) is 0 Å². The molecular formula is C34H44O3. The molecule has 0 heterocycles. The molecule has 3 heteroatoms. The maximum Gasteiger partial charge on any atom is 0.166 e. The van der Waals surface area contributed by atoms with Gasteiger partial charge in [-0.2, -0.15) is 0 Å². The van der Waals surface area contributed by atoms with Gasteiger partial charge in [-0.3, -0.25) is 9.59 Å². The quantitative estimate of drug-likeness (QED) is 0.318. The SMILES string of the molecule is CC.COc1cccc(C(=O)[C@@H]2[C@@H](c3cccc(C)c3C)[C@H](C(=O)c3cccc(C)c3)[C@@H](C)C[C@H]2C)c1.[HH]. The highest BCUT2D eigenvalue weighted by molar-refractivity contribution is 6.02. The molecule has 0 N–H and O–H groups in total. The van der Waals surface area contributed by atoms with Gasteiger partial charge in [-0.15, -0.1) is 0 Å². The Morgan fingerprint density at radius 3 is 1.89 bits per heavy atom. The lowest BCUT2D eigenvalue weighted by Crippen LogP contribution is -2.44. The molecule has 3 nitrogen and oxygen atoms in total. The average molecular weight is 501 g/mol. The first-order valence-electron chi connectivity index (χ1n) is 13.6. The van der Waals surface area contributed by atoms with Crippen LogP contribution in [0.5, 0.6) is 5.75 Å². The van der Waals surface area contributed by atoms with E-state index in [0.29, 0.717) is 11.3 Å². The highest BCUT2D eigenvalue weighted by Gasteiger charge is 2.49. The average Bonchev–Trinajstić information content (AvgIpc) is 2.90. The fourth-order valence-electron chi connectivity index (χ4n) is 6.14. The lowest BCUT2D eigenvalue weighted by atomic mass is 9.57. The van der Waals surface area contributed by atoms with Crippen LogP contribution in [0.2, 0.25) is 0 Å². The van der Waals surface area contributed by atoms with Crippen LogP contribution in [0, 0.1) is 44.4 Å². The molecule has 1 fully saturated rings. The first-order chi connectivity index (χ1) is 17.7. The first-order valence-corrected chi connectivity index (χ1v) is 13.6. The van der Waals surface area contributed by atoms with Crippen molar-refractivity contribution in [3.8, 4) is 5.75 Å². The van der Waals surface area contributed by atoms with E-state index in [1.165, 1.54) is 11.1 Å². The van der Waals surface area contributed by atoms with Crippen molar-refractivity contribution in [3.05, 3.63) is 100 Å². The predicted molar refractivity (Wildman–Crippen MR) is 155 cm³/mol. The third-order valence-electron chi connectivity index (χ3n) is 8.01. The number of Topliss-reactive ketones (excluding diaryl/α,β-unsaturated/α-hetero) is 2. The van der Waals surface area contributed by atoms with Gasteiger partial charge in [-0.25, -0.2) is 0 Å². The highest BCUT2D eigenvalue weighted by atomic mass is 16.5. The highest BCUT2D eigenvalue weighted by Crippen LogP contribution is 2.51. The maximum atomic E-state index is 14.2. The monoisotopic (exact) mass is 500 g/mol. The number of hydrogen-bond acceptors (Lipinski definition) is 3. The van der Waals surface area contributed by atoms with Gasteiger partial charge in [0.2, 0.25) is 0 Å².